The van der Waals surface area contributed by atoms with E-state index in [1.807, 2.05) is 0 Å². The molecule has 0 saturated heterocycles. The molecule has 0 atom stereocenters. The molecular formula is C17H14F3N3O4. The van der Waals surface area contributed by atoms with Gasteiger partial charge in [0.05, 0.1) is 22.6 Å². The Hall–Kier alpha value is -3.43. The van der Waals surface area contributed by atoms with E-state index in [2.05, 4.69) is 10.5 Å². The molecule has 0 fully saturated rings. The highest BCUT2D eigenvalue weighted by molar-refractivity contribution is 6.02. The van der Waals surface area contributed by atoms with Crippen molar-refractivity contribution >= 4 is 23.1 Å². The van der Waals surface area contributed by atoms with Crippen LogP contribution in [0.4, 0.5) is 24.5 Å². The van der Waals surface area contributed by atoms with Crippen molar-refractivity contribution in [2.75, 3.05) is 5.43 Å². The number of nitro groups is 1. The van der Waals surface area contributed by atoms with E-state index in [-0.39, 0.29) is 35.5 Å². The SMILES string of the molecule is O=C(O)CC/C(=N\Nc1ccccc1[N+](=O)[O-])c1cccc(C(F)(F)F)c1. The van der Waals surface area contributed by atoms with Crippen LogP contribution in [0.15, 0.2) is 53.6 Å². The first-order valence-electron chi connectivity index (χ1n) is 7.64. The number of nitrogens with zero attached hydrogens (tertiary/aromatic N) is 2. The molecule has 0 aromatic heterocycles. The molecule has 2 aromatic carbocycles. The summed E-state index contributed by atoms with van der Waals surface area (Å²) in [4.78, 5) is 21.2. The summed E-state index contributed by atoms with van der Waals surface area (Å²) in [5.74, 6) is -1.15. The summed E-state index contributed by atoms with van der Waals surface area (Å²) in [7, 11) is 0. The van der Waals surface area contributed by atoms with Gasteiger partial charge >= 0.3 is 12.1 Å². The smallest absolute Gasteiger partial charge is 0.416 e. The normalized spacial score (nSPS) is 11.9. The van der Waals surface area contributed by atoms with Crippen molar-refractivity contribution in [2.45, 2.75) is 19.0 Å². The van der Waals surface area contributed by atoms with Crippen LogP contribution in [0.5, 0.6) is 0 Å². The third kappa shape index (κ3) is 5.53. The van der Waals surface area contributed by atoms with E-state index in [0.717, 1.165) is 12.1 Å². The lowest BCUT2D eigenvalue weighted by Gasteiger charge is -2.11. The minimum absolute atomic E-state index is 0.0293. The van der Waals surface area contributed by atoms with Crippen molar-refractivity contribution in [1.82, 2.24) is 0 Å². The van der Waals surface area contributed by atoms with Gasteiger partial charge in [0.1, 0.15) is 5.69 Å². The fraction of sp³-hybridized carbons (Fsp3) is 0.176. The van der Waals surface area contributed by atoms with Crippen molar-refractivity contribution in [3.8, 4) is 0 Å². The quantitative estimate of drug-likeness (QED) is 0.423. The van der Waals surface area contributed by atoms with Gasteiger partial charge < -0.3 is 5.11 Å². The molecule has 2 N–H and O–H groups in total. The minimum atomic E-state index is -4.57. The average Bonchev–Trinajstić information content (AvgIpc) is 2.61. The van der Waals surface area contributed by atoms with Gasteiger partial charge in [-0.15, -0.1) is 0 Å². The van der Waals surface area contributed by atoms with E-state index >= 15 is 0 Å². The number of hydrogen-bond acceptors (Lipinski definition) is 5. The number of aliphatic carboxylic acids is 1. The Kier molecular flexibility index (Phi) is 6.11. The van der Waals surface area contributed by atoms with Crippen LogP contribution in [0, 0.1) is 10.1 Å². The number of rotatable bonds is 7. The number of carbonyl (C=O) groups is 1. The lowest BCUT2D eigenvalue weighted by molar-refractivity contribution is -0.384. The molecule has 0 unspecified atom stereocenters. The van der Waals surface area contributed by atoms with Crippen LogP contribution < -0.4 is 5.43 Å². The molecule has 0 aliphatic carbocycles. The molecule has 0 amide bonds. The van der Waals surface area contributed by atoms with E-state index in [1.165, 1.54) is 36.4 Å². The summed E-state index contributed by atoms with van der Waals surface area (Å²) < 4.78 is 38.7. The van der Waals surface area contributed by atoms with Crippen LogP contribution >= 0.6 is 0 Å². The highest BCUT2D eigenvalue weighted by atomic mass is 19.4. The van der Waals surface area contributed by atoms with E-state index in [1.54, 1.807) is 0 Å². The van der Waals surface area contributed by atoms with Crippen molar-refractivity contribution in [1.29, 1.82) is 0 Å². The Labute approximate surface area is 151 Å². The Balaban J connectivity index is 2.39. The lowest BCUT2D eigenvalue weighted by atomic mass is 10.0. The molecule has 10 heteroatoms. The van der Waals surface area contributed by atoms with Crippen LogP contribution in [-0.2, 0) is 11.0 Å². The van der Waals surface area contributed by atoms with E-state index in [0.29, 0.717) is 0 Å². The van der Waals surface area contributed by atoms with Crippen LogP contribution in [0.2, 0.25) is 0 Å². The van der Waals surface area contributed by atoms with Gasteiger partial charge in [0.15, 0.2) is 0 Å². The molecule has 0 saturated carbocycles. The van der Waals surface area contributed by atoms with E-state index in [9.17, 15) is 28.1 Å². The van der Waals surface area contributed by atoms with Crippen molar-refractivity contribution in [3.63, 3.8) is 0 Å². The fourth-order valence-corrected chi connectivity index (χ4v) is 2.22. The van der Waals surface area contributed by atoms with Gasteiger partial charge in [-0.3, -0.25) is 20.3 Å². The minimum Gasteiger partial charge on any atom is -0.481 e. The largest absolute Gasteiger partial charge is 0.481 e. The second-order valence-electron chi connectivity index (χ2n) is 5.42. The molecule has 27 heavy (non-hydrogen) atoms. The number of halogens is 3. The maximum absolute atomic E-state index is 12.9. The van der Waals surface area contributed by atoms with Crippen molar-refractivity contribution < 1.29 is 28.0 Å². The van der Waals surface area contributed by atoms with Gasteiger partial charge in [-0.2, -0.15) is 18.3 Å². The highest BCUT2D eigenvalue weighted by Gasteiger charge is 2.30. The first-order valence-corrected chi connectivity index (χ1v) is 7.64. The molecule has 142 valence electrons. The molecule has 2 rings (SSSR count). The predicted molar refractivity (Wildman–Crippen MR) is 91.6 cm³/mol. The summed E-state index contributed by atoms with van der Waals surface area (Å²) >= 11 is 0. The molecule has 7 nitrogen and oxygen atoms in total. The Morgan fingerprint density at radius 2 is 1.85 bits per heavy atom. The Morgan fingerprint density at radius 3 is 2.48 bits per heavy atom. The lowest BCUT2D eigenvalue weighted by Crippen LogP contribution is -2.11. The number of benzene rings is 2. The summed E-state index contributed by atoms with van der Waals surface area (Å²) in [6.45, 7) is 0. The van der Waals surface area contributed by atoms with Crippen LogP contribution in [-0.4, -0.2) is 21.7 Å². The zero-order valence-electron chi connectivity index (χ0n) is 13.7. The second kappa shape index (κ2) is 8.30. The van der Waals surface area contributed by atoms with Crippen molar-refractivity contribution in [3.05, 3.63) is 69.8 Å². The molecule has 0 spiro atoms. The number of carboxylic acids is 1. The number of hydrazone groups is 1. The van der Waals surface area contributed by atoms with E-state index < -0.39 is 22.6 Å². The predicted octanol–water partition coefficient (Wildman–Crippen LogP) is 4.29. The number of alkyl halides is 3. The standard InChI is InChI=1S/C17H14F3N3O4/c18-17(19,20)12-5-3-4-11(10-12)13(8-9-16(24)25)21-22-14-6-1-2-7-15(14)23(26)27/h1-7,10,22H,8-9H2,(H,24,25)/b21-13+. The topological polar surface area (TPSA) is 105 Å². The Morgan fingerprint density at radius 1 is 1.15 bits per heavy atom. The molecule has 0 aliphatic heterocycles. The van der Waals surface area contributed by atoms with Crippen molar-refractivity contribution in [2.24, 2.45) is 5.10 Å². The zero-order valence-corrected chi connectivity index (χ0v) is 13.7. The highest BCUT2D eigenvalue weighted by Crippen LogP contribution is 2.30. The summed E-state index contributed by atoms with van der Waals surface area (Å²) in [6, 6.07) is 9.85. The van der Waals surface area contributed by atoms with Crippen LogP contribution in [0.25, 0.3) is 0 Å². The van der Waals surface area contributed by atoms with Crippen LogP contribution in [0.1, 0.15) is 24.0 Å². The monoisotopic (exact) mass is 381 g/mol. The van der Waals surface area contributed by atoms with Gasteiger partial charge in [0.2, 0.25) is 0 Å². The number of anilines is 1. The summed E-state index contributed by atoms with van der Waals surface area (Å²) in [5, 5.41) is 23.8. The van der Waals surface area contributed by atoms with Gasteiger partial charge in [-0.05, 0) is 23.8 Å². The van der Waals surface area contributed by atoms with Crippen LogP contribution in [0.3, 0.4) is 0 Å². The first kappa shape index (κ1) is 19.9. The number of nitrogens with one attached hydrogen (secondary N) is 1. The number of hydrogen-bond donors (Lipinski definition) is 2. The maximum atomic E-state index is 12.9. The molecular weight excluding hydrogens is 367 g/mol. The fourth-order valence-electron chi connectivity index (χ4n) is 2.22. The van der Waals surface area contributed by atoms with Gasteiger partial charge in [0, 0.05) is 12.5 Å². The molecule has 0 bridgehead atoms. The third-order valence-electron chi connectivity index (χ3n) is 3.51. The first-order chi connectivity index (χ1) is 12.7. The van der Waals surface area contributed by atoms with E-state index in [4.69, 9.17) is 5.11 Å². The molecule has 0 radical (unpaired) electrons. The number of carboxylic acid groups (broad SMARTS) is 1. The number of para-hydroxylation sites is 2. The second-order valence-corrected chi connectivity index (χ2v) is 5.42. The molecule has 0 heterocycles. The maximum Gasteiger partial charge on any atom is 0.416 e. The molecule has 0 aliphatic rings. The van der Waals surface area contributed by atoms with Gasteiger partial charge in [-0.1, -0.05) is 24.3 Å². The summed E-state index contributed by atoms with van der Waals surface area (Å²) in [6.07, 6.45) is -5.10. The average molecular weight is 381 g/mol. The summed E-state index contributed by atoms with van der Waals surface area (Å²) in [5.41, 5.74) is 1.39. The van der Waals surface area contributed by atoms with Gasteiger partial charge in [0.25, 0.3) is 5.69 Å². The Bertz CT molecular complexity index is 882. The third-order valence-corrected chi connectivity index (χ3v) is 3.51. The number of nitro benzene ring substituents is 1. The zero-order chi connectivity index (χ0) is 20.0. The van der Waals surface area contributed by atoms with Gasteiger partial charge in [-0.25, -0.2) is 0 Å². The molecule has 2 aromatic rings.